The van der Waals surface area contributed by atoms with Crippen molar-refractivity contribution in [3.05, 3.63) is 0 Å². The third-order valence-corrected chi connectivity index (χ3v) is 5.63. The van der Waals surface area contributed by atoms with Gasteiger partial charge in [0.25, 0.3) is 0 Å². The van der Waals surface area contributed by atoms with E-state index in [0.29, 0.717) is 13.0 Å². The fourth-order valence-electron chi connectivity index (χ4n) is 3.47. The van der Waals surface area contributed by atoms with Crippen LogP contribution in [0.4, 0.5) is 0 Å². The molecule has 0 aromatic heterocycles. The first-order valence-electron chi connectivity index (χ1n) is 8.06. The van der Waals surface area contributed by atoms with Gasteiger partial charge in [0.15, 0.2) is 0 Å². The normalized spacial score (nSPS) is 23.4. The van der Waals surface area contributed by atoms with Crippen LogP contribution in [0.25, 0.3) is 0 Å². The molecule has 1 saturated heterocycles. The summed E-state index contributed by atoms with van der Waals surface area (Å²) in [6.07, 6.45) is 7.82. The van der Waals surface area contributed by atoms with Crippen LogP contribution in [0.1, 0.15) is 44.9 Å². The Morgan fingerprint density at radius 1 is 1.20 bits per heavy atom. The number of carbonyl (C=O) groups is 1. The summed E-state index contributed by atoms with van der Waals surface area (Å²) in [7, 11) is 0. The van der Waals surface area contributed by atoms with Crippen molar-refractivity contribution in [3.63, 3.8) is 0 Å². The van der Waals surface area contributed by atoms with Crippen LogP contribution in [0, 0.1) is 0 Å². The minimum absolute atomic E-state index is 0.173. The van der Waals surface area contributed by atoms with Gasteiger partial charge in [-0.1, -0.05) is 19.3 Å². The molecule has 0 unspecified atom stereocenters. The lowest BCUT2D eigenvalue weighted by molar-refractivity contribution is -0.122. The molecule has 0 aromatic carbocycles. The van der Waals surface area contributed by atoms with Crippen LogP contribution in [-0.2, 0) is 4.79 Å². The van der Waals surface area contributed by atoms with Gasteiger partial charge in [0, 0.05) is 43.1 Å². The zero-order chi connectivity index (χ0) is 14.3. The number of rotatable bonds is 6. The molecule has 2 aliphatic rings. The van der Waals surface area contributed by atoms with Gasteiger partial charge in [0.2, 0.25) is 5.91 Å². The van der Waals surface area contributed by atoms with Gasteiger partial charge in [0.05, 0.1) is 0 Å². The van der Waals surface area contributed by atoms with Crippen molar-refractivity contribution in [1.82, 2.24) is 10.2 Å². The number of amides is 1. The van der Waals surface area contributed by atoms with Gasteiger partial charge in [-0.3, -0.25) is 9.69 Å². The van der Waals surface area contributed by atoms with Gasteiger partial charge in [-0.25, -0.2) is 0 Å². The van der Waals surface area contributed by atoms with Crippen molar-refractivity contribution in [2.75, 3.05) is 37.7 Å². The van der Waals surface area contributed by atoms with E-state index in [1.165, 1.54) is 56.7 Å². The Bertz CT molecular complexity index is 299. The van der Waals surface area contributed by atoms with Gasteiger partial charge >= 0.3 is 0 Å². The first-order chi connectivity index (χ1) is 9.77. The van der Waals surface area contributed by atoms with Crippen molar-refractivity contribution in [1.29, 1.82) is 0 Å². The molecule has 1 aliphatic carbocycles. The zero-order valence-corrected chi connectivity index (χ0v) is 13.3. The maximum absolute atomic E-state index is 11.9. The zero-order valence-electron chi connectivity index (χ0n) is 12.5. The fourth-order valence-corrected chi connectivity index (χ4v) is 4.37. The van der Waals surface area contributed by atoms with Gasteiger partial charge in [-0.05, 0) is 25.8 Å². The maximum Gasteiger partial charge on any atom is 0.220 e. The Balaban J connectivity index is 1.90. The Hall–Kier alpha value is -0.260. The number of nitrogens with zero attached hydrogens (tertiary/aromatic N) is 1. The largest absolute Gasteiger partial charge is 0.354 e. The summed E-state index contributed by atoms with van der Waals surface area (Å²) >= 11 is 2.05. The molecule has 20 heavy (non-hydrogen) atoms. The first-order valence-corrected chi connectivity index (χ1v) is 9.22. The number of nitrogens with two attached hydrogens (primary N) is 1. The highest BCUT2D eigenvalue weighted by Gasteiger charge is 2.38. The van der Waals surface area contributed by atoms with Crippen molar-refractivity contribution in [2.45, 2.75) is 50.5 Å². The second-order valence-electron chi connectivity index (χ2n) is 6.05. The molecule has 0 bridgehead atoms. The second-order valence-corrected chi connectivity index (χ2v) is 7.28. The molecule has 1 aliphatic heterocycles. The minimum Gasteiger partial charge on any atom is -0.354 e. The summed E-state index contributed by atoms with van der Waals surface area (Å²) in [6.45, 7) is 3.80. The predicted octanol–water partition coefficient (Wildman–Crippen LogP) is 1.59. The van der Waals surface area contributed by atoms with Gasteiger partial charge in [-0.2, -0.15) is 11.8 Å². The lowest BCUT2D eigenvalue weighted by Gasteiger charge is -2.48. The quantitative estimate of drug-likeness (QED) is 0.782. The van der Waals surface area contributed by atoms with Crippen LogP contribution in [0.15, 0.2) is 0 Å². The molecular formula is C15H29N3OS. The third kappa shape index (κ3) is 4.37. The Morgan fingerprint density at radius 2 is 1.90 bits per heavy atom. The Kier molecular flexibility index (Phi) is 6.65. The molecule has 5 heteroatoms. The van der Waals surface area contributed by atoms with E-state index >= 15 is 0 Å². The summed E-state index contributed by atoms with van der Waals surface area (Å²) in [5.74, 6) is 2.65. The van der Waals surface area contributed by atoms with Crippen LogP contribution in [0.3, 0.4) is 0 Å². The van der Waals surface area contributed by atoms with Crippen molar-refractivity contribution in [2.24, 2.45) is 5.73 Å². The number of nitrogens with one attached hydrogen (secondary N) is 1. The maximum atomic E-state index is 11.9. The number of carbonyl (C=O) groups excluding carboxylic acids is 1. The van der Waals surface area contributed by atoms with Gasteiger partial charge < -0.3 is 11.1 Å². The van der Waals surface area contributed by atoms with Crippen LogP contribution in [-0.4, -0.2) is 54.0 Å². The minimum atomic E-state index is 0.173. The molecule has 1 heterocycles. The summed E-state index contributed by atoms with van der Waals surface area (Å²) in [4.78, 5) is 14.5. The highest BCUT2D eigenvalue weighted by atomic mass is 32.2. The lowest BCUT2D eigenvalue weighted by Crippen LogP contribution is -2.58. The molecule has 4 nitrogen and oxygen atoms in total. The van der Waals surface area contributed by atoms with Crippen LogP contribution < -0.4 is 11.1 Å². The smallest absolute Gasteiger partial charge is 0.220 e. The molecule has 0 atom stereocenters. The molecule has 0 radical (unpaired) electrons. The number of hydrogen-bond donors (Lipinski definition) is 2. The van der Waals surface area contributed by atoms with E-state index in [9.17, 15) is 4.79 Å². The molecule has 0 aromatic rings. The third-order valence-electron chi connectivity index (χ3n) is 4.69. The second kappa shape index (κ2) is 8.25. The topological polar surface area (TPSA) is 58.4 Å². The summed E-state index contributed by atoms with van der Waals surface area (Å²) < 4.78 is 0. The Labute approximate surface area is 127 Å². The molecule has 3 N–H and O–H groups in total. The summed E-state index contributed by atoms with van der Waals surface area (Å²) in [5, 5.41) is 3.18. The van der Waals surface area contributed by atoms with E-state index < -0.39 is 0 Å². The van der Waals surface area contributed by atoms with E-state index in [1.807, 2.05) is 0 Å². The van der Waals surface area contributed by atoms with Crippen LogP contribution >= 0.6 is 11.8 Å². The SMILES string of the molecule is NCCCC(=O)NCC1(N2CCSCC2)CCCCC1. The first kappa shape index (κ1) is 16.1. The lowest BCUT2D eigenvalue weighted by atomic mass is 9.80. The monoisotopic (exact) mass is 299 g/mol. The van der Waals surface area contributed by atoms with Crippen LogP contribution in [0.5, 0.6) is 0 Å². The van der Waals surface area contributed by atoms with Crippen molar-refractivity contribution >= 4 is 17.7 Å². The molecule has 116 valence electrons. The molecule has 0 spiro atoms. The van der Waals surface area contributed by atoms with E-state index in [1.54, 1.807) is 0 Å². The fraction of sp³-hybridized carbons (Fsp3) is 0.933. The average molecular weight is 299 g/mol. The summed E-state index contributed by atoms with van der Waals surface area (Å²) in [5.41, 5.74) is 5.70. The molecule has 1 amide bonds. The van der Waals surface area contributed by atoms with Crippen molar-refractivity contribution < 1.29 is 4.79 Å². The number of hydrogen-bond acceptors (Lipinski definition) is 4. The van der Waals surface area contributed by atoms with E-state index in [-0.39, 0.29) is 11.4 Å². The van der Waals surface area contributed by atoms with E-state index in [2.05, 4.69) is 22.0 Å². The standard InChI is InChI=1S/C15H29N3OS/c16-8-4-5-14(19)17-13-15(6-2-1-3-7-15)18-9-11-20-12-10-18/h1-13,16H2,(H,17,19). The Morgan fingerprint density at radius 3 is 2.55 bits per heavy atom. The molecule has 1 saturated carbocycles. The van der Waals surface area contributed by atoms with Gasteiger partial charge in [-0.15, -0.1) is 0 Å². The van der Waals surface area contributed by atoms with Crippen molar-refractivity contribution in [3.8, 4) is 0 Å². The highest BCUT2D eigenvalue weighted by Crippen LogP contribution is 2.34. The molecular weight excluding hydrogens is 270 g/mol. The molecule has 2 fully saturated rings. The average Bonchev–Trinajstić information content (AvgIpc) is 2.52. The summed E-state index contributed by atoms with van der Waals surface area (Å²) in [6, 6.07) is 0. The van der Waals surface area contributed by atoms with E-state index in [0.717, 1.165) is 13.0 Å². The van der Waals surface area contributed by atoms with Crippen LogP contribution in [0.2, 0.25) is 0 Å². The van der Waals surface area contributed by atoms with Gasteiger partial charge in [0.1, 0.15) is 0 Å². The number of thioether (sulfide) groups is 1. The molecule has 2 rings (SSSR count). The van der Waals surface area contributed by atoms with E-state index in [4.69, 9.17) is 5.73 Å². The highest BCUT2D eigenvalue weighted by molar-refractivity contribution is 7.99. The predicted molar refractivity (Wildman–Crippen MR) is 86.0 cm³/mol.